The van der Waals surface area contributed by atoms with E-state index in [1.54, 1.807) is 10.8 Å². The molecule has 0 bridgehead atoms. The van der Waals surface area contributed by atoms with Crippen molar-refractivity contribution >= 4 is 29.4 Å². The molecule has 24 heavy (non-hydrogen) atoms. The molecule has 3 rings (SSSR count). The van der Waals surface area contributed by atoms with E-state index in [1.807, 2.05) is 66.9 Å². The van der Waals surface area contributed by atoms with Gasteiger partial charge in [-0.2, -0.15) is 10.1 Å². The van der Waals surface area contributed by atoms with Crippen LogP contribution in [0.15, 0.2) is 77.9 Å². The number of carbonyl (C=O) groups excluding carboxylic acids is 1. The van der Waals surface area contributed by atoms with Gasteiger partial charge in [-0.15, -0.1) is 0 Å². The van der Waals surface area contributed by atoms with Crippen molar-refractivity contribution in [2.75, 3.05) is 0 Å². The molecule has 5 heteroatoms. The molecule has 0 aliphatic carbocycles. The summed E-state index contributed by atoms with van der Waals surface area (Å²) >= 11 is 4.44. The molecule has 0 fully saturated rings. The fourth-order valence-corrected chi connectivity index (χ4v) is 2.38. The number of hydrogen-bond donors (Lipinski definition) is 0. The van der Waals surface area contributed by atoms with E-state index in [1.165, 1.54) is 6.08 Å². The number of para-hydroxylation sites is 1. The van der Waals surface area contributed by atoms with Gasteiger partial charge in [-0.1, -0.05) is 48.5 Å². The first-order chi connectivity index (χ1) is 11.8. The Labute approximate surface area is 144 Å². The fraction of sp³-hybridized carbons (Fsp3) is 0. The van der Waals surface area contributed by atoms with E-state index in [2.05, 4.69) is 27.5 Å². The molecule has 1 aromatic heterocycles. The third kappa shape index (κ3) is 3.60. The lowest BCUT2D eigenvalue weighted by Crippen LogP contribution is -1.93. The number of carbonyl (C=O) groups is 1. The number of nitrogens with zero attached hydrogens (tertiary/aromatic N) is 3. The first-order valence-electron chi connectivity index (χ1n) is 7.28. The Bertz CT molecular complexity index is 924. The highest BCUT2D eigenvalue weighted by molar-refractivity contribution is 7.78. The minimum Gasteiger partial charge on any atom is -0.267 e. The molecule has 116 valence electrons. The van der Waals surface area contributed by atoms with Crippen molar-refractivity contribution in [1.82, 2.24) is 9.78 Å². The zero-order valence-corrected chi connectivity index (χ0v) is 13.5. The predicted octanol–water partition coefficient (Wildman–Crippen LogP) is 4.18. The summed E-state index contributed by atoms with van der Waals surface area (Å²) in [5, 5.41) is 6.73. The highest BCUT2D eigenvalue weighted by atomic mass is 32.1. The summed E-state index contributed by atoms with van der Waals surface area (Å²) in [5.41, 5.74) is 3.52. The second kappa shape index (κ2) is 7.42. The molecule has 1 amide bonds. The average Bonchev–Trinajstić information content (AvgIpc) is 3.06. The summed E-state index contributed by atoms with van der Waals surface area (Å²) in [6.07, 6.45) is 4.92. The summed E-state index contributed by atoms with van der Waals surface area (Å²) in [6, 6.07) is 19.6. The molecular weight excluding hydrogens is 318 g/mol. The third-order valence-electron chi connectivity index (χ3n) is 3.37. The standard InChI is InChI=1S/C19H13N3OS/c23-18(20-14-24)12-11-16-13-22(17-9-5-2-6-10-17)21-19(16)15-7-3-1-4-8-15/h1-13H. The van der Waals surface area contributed by atoms with Gasteiger partial charge in [-0.25, -0.2) is 4.68 Å². The molecule has 0 spiro atoms. The zero-order valence-electron chi connectivity index (χ0n) is 12.7. The van der Waals surface area contributed by atoms with Gasteiger partial charge in [0, 0.05) is 23.4 Å². The lowest BCUT2D eigenvalue weighted by molar-refractivity contribution is -0.113. The van der Waals surface area contributed by atoms with Crippen molar-refractivity contribution in [2.24, 2.45) is 4.99 Å². The minimum absolute atomic E-state index is 0.448. The van der Waals surface area contributed by atoms with E-state index in [4.69, 9.17) is 0 Å². The lowest BCUT2D eigenvalue weighted by Gasteiger charge is -2.00. The molecule has 2 aromatic carbocycles. The van der Waals surface area contributed by atoms with Crippen LogP contribution in [-0.4, -0.2) is 20.8 Å². The van der Waals surface area contributed by atoms with Crippen molar-refractivity contribution in [3.05, 3.63) is 78.5 Å². The summed E-state index contributed by atoms with van der Waals surface area (Å²) in [5.74, 6) is -0.448. The van der Waals surface area contributed by atoms with Crippen LogP contribution in [0.4, 0.5) is 0 Å². The summed E-state index contributed by atoms with van der Waals surface area (Å²) < 4.78 is 1.79. The van der Waals surface area contributed by atoms with E-state index >= 15 is 0 Å². The molecule has 0 saturated heterocycles. The van der Waals surface area contributed by atoms with Crippen LogP contribution < -0.4 is 0 Å². The van der Waals surface area contributed by atoms with Crippen LogP contribution in [0.3, 0.4) is 0 Å². The van der Waals surface area contributed by atoms with Crippen LogP contribution in [0.5, 0.6) is 0 Å². The molecule has 0 aliphatic heterocycles. The quantitative estimate of drug-likeness (QED) is 0.409. The van der Waals surface area contributed by atoms with Gasteiger partial charge >= 0.3 is 0 Å². The monoisotopic (exact) mass is 331 g/mol. The minimum atomic E-state index is -0.448. The van der Waals surface area contributed by atoms with Gasteiger partial charge < -0.3 is 0 Å². The Morgan fingerprint density at radius 2 is 1.75 bits per heavy atom. The van der Waals surface area contributed by atoms with Gasteiger partial charge in [0.05, 0.1) is 16.5 Å². The Morgan fingerprint density at radius 1 is 1.08 bits per heavy atom. The smallest absolute Gasteiger partial charge is 0.267 e. The van der Waals surface area contributed by atoms with Crippen LogP contribution in [-0.2, 0) is 4.79 Å². The zero-order chi connectivity index (χ0) is 16.8. The second-order valence-corrected chi connectivity index (χ2v) is 5.14. The maximum absolute atomic E-state index is 11.5. The molecule has 0 N–H and O–H groups in total. The number of isothiocyanates is 1. The van der Waals surface area contributed by atoms with Crippen molar-refractivity contribution in [3.63, 3.8) is 0 Å². The van der Waals surface area contributed by atoms with E-state index in [0.29, 0.717) is 0 Å². The van der Waals surface area contributed by atoms with E-state index < -0.39 is 5.91 Å². The maximum atomic E-state index is 11.5. The highest BCUT2D eigenvalue weighted by Gasteiger charge is 2.10. The second-order valence-electron chi connectivity index (χ2n) is 4.95. The Hall–Kier alpha value is -3.14. The largest absolute Gasteiger partial charge is 0.278 e. The fourth-order valence-electron chi connectivity index (χ4n) is 2.29. The normalized spacial score (nSPS) is 10.5. The number of rotatable bonds is 4. The molecule has 0 atom stereocenters. The number of amides is 1. The number of aliphatic imine (C=N–C) groups is 1. The molecule has 0 saturated carbocycles. The first-order valence-corrected chi connectivity index (χ1v) is 7.69. The molecule has 1 heterocycles. The summed E-state index contributed by atoms with van der Waals surface area (Å²) in [6.45, 7) is 0. The molecule has 0 aliphatic rings. The maximum Gasteiger partial charge on any atom is 0.278 e. The Balaban J connectivity index is 2.07. The van der Waals surface area contributed by atoms with Crippen molar-refractivity contribution < 1.29 is 4.79 Å². The molecule has 4 nitrogen and oxygen atoms in total. The predicted molar refractivity (Wildman–Crippen MR) is 98.1 cm³/mol. The Morgan fingerprint density at radius 3 is 2.42 bits per heavy atom. The van der Waals surface area contributed by atoms with Gasteiger partial charge in [-0.05, 0) is 30.4 Å². The SMILES string of the molecule is O=C(C=Cc1cn(-c2ccccc2)nc1-c1ccccc1)N=C=S. The van der Waals surface area contributed by atoms with E-state index in [0.717, 1.165) is 22.5 Å². The Kier molecular flexibility index (Phi) is 4.87. The average molecular weight is 331 g/mol. The first kappa shape index (κ1) is 15.7. The van der Waals surface area contributed by atoms with Crippen LogP contribution >= 0.6 is 12.2 Å². The summed E-state index contributed by atoms with van der Waals surface area (Å²) in [4.78, 5) is 15.0. The van der Waals surface area contributed by atoms with E-state index in [-0.39, 0.29) is 0 Å². The summed E-state index contributed by atoms with van der Waals surface area (Å²) in [7, 11) is 0. The number of benzene rings is 2. The van der Waals surface area contributed by atoms with Crippen molar-refractivity contribution in [2.45, 2.75) is 0 Å². The van der Waals surface area contributed by atoms with Gasteiger partial charge in [0.25, 0.3) is 5.91 Å². The number of aromatic nitrogens is 2. The molecule has 3 aromatic rings. The topological polar surface area (TPSA) is 47.2 Å². The molecular formula is C19H13N3OS. The highest BCUT2D eigenvalue weighted by Crippen LogP contribution is 2.24. The lowest BCUT2D eigenvalue weighted by atomic mass is 10.1. The van der Waals surface area contributed by atoms with Crippen LogP contribution in [0.2, 0.25) is 0 Å². The third-order valence-corrected chi connectivity index (χ3v) is 3.46. The number of hydrogen-bond acceptors (Lipinski definition) is 3. The van der Waals surface area contributed by atoms with Crippen LogP contribution in [0.1, 0.15) is 5.56 Å². The van der Waals surface area contributed by atoms with Gasteiger partial charge in [-0.3, -0.25) is 4.79 Å². The van der Waals surface area contributed by atoms with Crippen LogP contribution in [0.25, 0.3) is 23.0 Å². The van der Waals surface area contributed by atoms with E-state index in [9.17, 15) is 4.79 Å². The van der Waals surface area contributed by atoms with Gasteiger partial charge in [0.15, 0.2) is 0 Å². The number of thiocarbonyl (C=S) groups is 1. The van der Waals surface area contributed by atoms with Crippen molar-refractivity contribution in [3.8, 4) is 16.9 Å². The molecule has 0 unspecified atom stereocenters. The van der Waals surface area contributed by atoms with Crippen LogP contribution in [0, 0.1) is 0 Å². The van der Waals surface area contributed by atoms with Gasteiger partial charge in [0.2, 0.25) is 0 Å². The van der Waals surface area contributed by atoms with Gasteiger partial charge in [0.1, 0.15) is 0 Å². The molecule has 0 radical (unpaired) electrons. The van der Waals surface area contributed by atoms with Crippen molar-refractivity contribution in [1.29, 1.82) is 0 Å².